The minimum atomic E-state index is -1.14. The number of aryl methyl sites for hydroxylation is 1. The van der Waals surface area contributed by atoms with Crippen molar-refractivity contribution < 1.29 is 14.6 Å². The van der Waals surface area contributed by atoms with E-state index in [0.29, 0.717) is 12.2 Å². The lowest BCUT2D eigenvalue weighted by atomic mass is 10.0. The van der Waals surface area contributed by atoms with Crippen molar-refractivity contribution >= 4 is 0 Å². The Bertz CT molecular complexity index is 321. The molecule has 0 radical (unpaired) electrons. The van der Waals surface area contributed by atoms with Crippen LogP contribution in [0.5, 0.6) is 0 Å². The van der Waals surface area contributed by atoms with Crippen molar-refractivity contribution in [2.45, 2.75) is 38.7 Å². The SMILES string of the molecule is CCn1ncnc1CC(C)(O)C(OC)OC. The fraction of sp³-hybridized carbons (Fsp3) is 0.800. The highest BCUT2D eigenvalue weighted by atomic mass is 16.7. The Balaban J connectivity index is 2.79. The normalized spacial score (nSPS) is 15.4. The van der Waals surface area contributed by atoms with Crippen LogP contribution in [0.15, 0.2) is 6.33 Å². The van der Waals surface area contributed by atoms with Crippen molar-refractivity contribution in [3.8, 4) is 0 Å². The van der Waals surface area contributed by atoms with Crippen LogP contribution in [0.25, 0.3) is 0 Å². The molecule has 92 valence electrons. The summed E-state index contributed by atoms with van der Waals surface area (Å²) < 4.78 is 11.8. The van der Waals surface area contributed by atoms with Crippen LogP contribution in [0.4, 0.5) is 0 Å². The minimum absolute atomic E-state index is 0.327. The molecule has 1 rings (SSSR count). The molecule has 0 bridgehead atoms. The van der Waals surface area contributed by atoms with Crippen LogP contribution in [-0.2, 0) is 22.4 Å². The molecule has 0 amide bonds. The number of ether oxygens (including phenoxy) is 2. The van der Waals surface area contributed by atoms with Gasteiger partial charge in [0.05, 0.1) is 0 Å². The standard InChI is InChI=1S/C10H19N3O3/c1-5-13-8(11-7-12-13)6-10(2,14)9(15-3)16-4/h7,9,14H,5-6H2,1-4H3. The van der Waals surface area contributed by atoms with Gasteiger partial charge in [-0.1, -0.05) is 0 Å². The predicted molar refractivity (Wildman–Crippen MR) is 57.8 cm³/mol. The summed E-state index contributed by atoms with van der Waals surface area (Å²) in [7, 11) is 2.99. The molecule has 1 aromatic heterocycles. The third-order valence-electron chi connectivity index (χ3n) is 2.45. The van der Waals surface area contributed by atoms with E-state index in [1.165, 1.54) is 20.5 Å². The van der Waals surface area contributed by atoms with E-state index in [2.05, 4.69) is 10.1 Å². The average Bonchev–Trinajstić information content (AvgIpc) is 2.65. The lowest BCUT2D eigenvalue weighted by Crippen LogP contribution is -2.44. The molecular formula is C10H19N3O3. The fourth-order valence-corrected chi connectivity index (χ4v) is 1.70. The summed E-state index contributed by atoms with van der Waals surface area (Å²) in [5, 5.41) is 14.3. The van der Waals surface area contributed by atoms with Gasteiger partial charge in [0.1, 0.15) is 17.8 Å². The van der Waals surface area contributed by atoms with Gasteiger partial charge in [0.15, 0.2) is 6.29 Å². The third-order valence-corrected chi connectivity index (χ3v) is 2.45. The summed E-state index contributed by atoms with van der Waals surface area (Å²) in [6, 6.07) is 0. The van der Waals surface area contributed by atoms with Crippen molar-refractivity contribution in [2.24, 2.45) is 0 Å². The highest BCUT2D eigenvalue weighted by Gasteiger charge is 2.34. The number of rotatable bonds is 6. The minimum Gasteiger partial charge on any atom is -0.384 e. The first kappa shape index (κ1) is 13.1. The van der Waals surface area contributed by atoms with E-state index in [9.17, 15) is 5.11 Å². The molecule has 0 aliphatic carbocycles. The molecule has 6 nitrogen and oxygen atoms in total. The van der Waals surface area contributed by atoms with Gasteiger partial charge in [0.2, 0.25) is 0 Å². The van der Waals surface area contributed by atoms with Crippen molar-refractivity contribution in [3.05, 3.63) is 12.2 Å². The highest BCUT2D eigenvalue weighted by molar-refractivity contribution is 4.94. The Labute approximate surface area is 95.2 Å². The van der Waals surface area contributed by atoms with E-state index in [1.807, 2.05) is 6.92 Å². The Morgan fingerprint density at radius 3 is 2.62 bits per heavy atom. The zero-order valence-electron chi connectivity index (χ0n) is 10.2. The van der Waals surface area contributed by atoms with E-state index >= 15 is 0 Å². The van der Waals surface area contributed by atoms with Crippen LogP contribution >= 0.6 is 0 Å². The lowest BCUT2D eigenvalue weighted by molar-refractivity contribution is -0.208. The Morgan fingerprint density at radius 1 is 1.50 bits per heavy atom. The molecule has 0 fully saturated rings. The van der Waals surface area contributed by atoms with Gasteiger partial charge in [0.25, 0.3) is 0 Å². The van der Waals surface area contributed by atoms with Gasteiger partial charge in [-0.15, -0.1) is 0 Å². The van der Waals surface area contributed by atoms with E-state index in [0.717, 1.165) is 6.54 Å². The Kier molecular flexibility index (Phi) is 4.40. The first-order valence-electron chi connectivity index (χ1n) is 5.19. The largest absolute Gasteiger partial charge is 0.384 e. The Morgan fingerprint density at radius 2 is 2.12 bits per heavy atom. The van der Waals surface area contributed by atoms with Crippen LogP contribution in [0.1, 0.15) is 19.7 Å². The maximum Gasteiger partial charge on any atom is 0.185 e. The summed E-state index contributed by atoms with van der Waals surface area (Å²) >= 11 is 0. The molecule has 1 heterocycles. The smallest absolute Gasteiger partial charge is 0.185 e. The molecular weight excluding hydrogens is 210 g/mol. The molecule has 0 spiro atoms. The van der Waals surface area contributed by atoms with Crippen LogP contribution in [0.3, 0.4) is 0 Å². The van der Waals surface area contributed by atoms with E-state index in [4.69, 9.17) is 9.47 Å². The number of nitrogens with zero attached hydrogens (tertiary/aromatic N) is 3. The Hall–Kier alpha value is -0.980. The highest BCUT2D eigenvalue weighted by Crippen LogP contribution is 2.18. The third kappa shape index (κ3) is 2.78. The molecule has 0 aliphatic heterocycles. The molecule has 0 aromatic carbocycles. The number of hydrogen-bond donors (Lipinski definition) is 1. The molecule has 0 aliphatic rings. The number of aliphatic hydroxyl groups is 1. The topological polar surface area (TPSA) is 69.4 Å². The number of methoxy groups -OCH3 is 2. The first-order valence-corrected chi connectivity index (χ1v) is 5.19. The predicted octanol–water partition coefficient (Wildman–Crippen LogP) is 0.210. The van der Waals surface area contributed by atoms with E-state index in [1.54, 1.807) is 11.6 Å². The van der Waals surface area contributed by atoms with Crippen molar-refractivity contribution in [1.82, 2.24) is 14.8 Å². The van der Waals surface area contributed by atoms with Gasteiger partial charge in [-0.05, 0) is 13.8 Å². The monoisotopic (exact) mass is 229 g/mol. The van der Waals surface area contributed by atoms with Gasteiger partial charge in [-0.3, -0.25) is 4.68 Å². The zero-order valence-corrected chi connectivity index (χ0v) is 10.2. The summed E-state index contributed by atoms with van der Waals surface area (Å²) in [5.74, 6) is 0.714. The molecule has 0 saturated carbocycles. The van der Waals surface area contributed by atoms with Crippen LogP contribution in [0.2, 0.25) is 0 Å². The van der Waals surface area contributed by atoms with Gasteiger partial charge < -0.3 is 14.6 Å². The van der Waals surface area contributed by atoms with Crippen molar-refractivity contribution in [2.75, 3.05) is 14.2 Å². The van der Waals surface area contributed by atoms with Crippen molar-refractivity contribution in [3.63, 3.8) is 0 Å². The summed E-state index contributed by atoms with van der Waals surface area (Å²) in [6.07, 6.45) is 1.12. The fourth-order valence-electron chi connectivity index (χ4n) is 1.70. The van der Waals surface area contributed by atoms with Crippen molar-refractivity contribution in [1.29, 1.82) is 0 Å². The molecule has 6 heteroatoms. The van der Waals surface area contributed by atoms with Crippen LogP contribution in [-0.4, -0.2) is 46.0 Å². The van der Waals surface area contributed by atoms with Gasteiger partial charge in [-0.25, -0.2) is 4.98 Å². The van der Waals surface area contributed by atoms with Gasteiger partial charge in [0, 0.05) is 27.2 Å². The zero-order chi connectivity index (χ0) is 12.2. The first-order chi connectivity index (χ1) is 7.55. The second-order valence-electron chi connectivity index (χ2n) is 3.83. The quantitative estimate of drug-likeness (QED) is 0.706. The van der Waals surface area contributed by atoms with E-state index in [-0.39, 0.29) is 0 Å². The summed E-state index contributed by atoms with van der Waals surface area (Å²) in [6.45, 7) is 4.34. The van der Waals surface area contributed by atoms with Crippen LogP contribution < -0.4 is 0 Å². The van der Waals surface area contributed by atoms with Gasteiger partial charge >= 0.3 is 0 Å². The van der Waals surface area contributed by atoms with E-state index < -0.39 is 11.9 Å². The van der Waals surface area contributed by atoms with Gasteiger partial charge in [-0.2, -0.15) is 5.10 Å². The molecule has 1 aromatic rings. The number of hydrogen-bond acceptors (Lipinski definition) is 5. The summed E-state index contributed by atoms with van der Waals surface area (Å²) in [5.41, 5.74) is -1.14. The molecule has 0 saturated heterocycles. The average molecular weight is 229 g/mol. The second-order valence-corrected chi connectivity index (χ2v) is 3.83. The number of aromatic nitrogens is 3. The maximum absolute atomic E-state index is 10.2. The molecule has 1 N–H and O–H groups in total. The second kappa shape index (κ2) is 5.38. The van der Waals surface area contributed by atoms with Crippen LogP contribution in [0, 0.1) is 0 Å². The summed E-state index contributed by atoms with van der Waals surface area (Å²) in [4.78, 5) is 4.10. The molecule has 1 unspecified atom stereocenters. The molecule has 16 heavy (non-hydrogen) atoms. The molecule has 1 atom stereocenters. The maximum atomic E-state index is 10.2. The lowest BCUT2D eigenvalue weighted by Gasteiger charge is -2.30.